The molecule has 0 aliphatic carbocycles. The second kappa shape index (κ2) is 9.09. The van der Waals surface area contributed by atoms with Crippen LogP contribution in [0.25, 0.3) is 5.76 Å². The Morgan fingerprint density at radius 2 is 1.79 bits per heavy atom. The molecule has 1 aromatic heterocycles. The van der Waals surface area contributed by atoms with Gasteiger partial charge in [-0.25, -0.2) is 0 Å². The van der Waals surface area contributed by atoms with E-state index in [4.69, 9.17) is 4.42 Å². The van der Waals surface area contributed by atoms with Gasteiger partial charge in [0, 0.05) is 18.5 Å². The normalized spacial score (nSPS) is 18.8. The number of hydrogen-bond donors (Lipinski definition) is 2. The molecule has 2 heterocycles. The van der Waals surface area contributed by atoms with Crippen LogP contribution >= 0.6 is 0 Å². The van der Waals surface area contributed by atoms with Gasteiger partial charge in [0.05, 0.1) is 25.2 Å². The first-order chi connectivity index (χ1) is 14.0. The number of benzene rings is 1. The number of Topliss-reactive ketones (excluding diaryl/α,β-unsaturated/α-hetero) is 1. The average molecular weight is 397 g/mol. The number of nitrogens with zero attached hydrogens (tertiary/aromatic N) is 1. The molecule has 2 aromatic rings. The summed E-state index contributed by atoms with van der Waals surface area (Å²) in [6.45, 7) is 9.47. The lowest BCUT2D eigenvalue weighted by atomic mass is 9.99. The van der Waals surface area contributed by atoms with E-state index in [1.807, 2.05) is 13.0 Å². The lowest BCUT2D eigenvalue weighted by Crippen LogP contribution is -3.11. The Labute approximate surface area is 171 Å². The summed E-state index contributed by atoms with van der Waals surface area (Å²) >= 11 is 0. The van der Waals surface area contributed by atoms with Crippen LogP contribution in [0.3, 0.4) is 0 Å². The minimum atomic E-state index is -0.712. The summed E-state index contributed by atoms with van der Waals surface area (Å²) in [5, 5.41) is 10.9. The molecule has 1 aromatic carbocycles. The van der Waals surface area contributed by atoms with Gasteiger partial charge in [0.2, 0.25) is 0 Å². The summed E-state index contributed by atoms with van der Waals surface area (Å²) in [7, 11) is 0. The maximum atomic E-state index is 12.9. The van der Waals surface area contributed by atoms with Crippen molar-refractivity contribution in [3.05, 3.63) is 65.1 Å². The van der Waals surface area contributed by atoms with E-state index >= 15 is 0 Å². The largest absolute Gasteiger partial charge is 0.507 e. The number of carbonyl (C=O) groups excluding carboxylic acids is 2. The molecule has 0 spiro atoms. The zero-order valence-corrected chi connectivity index (χ0v) is 17.3. The number of nitrogens with one attached hydrogen (secondary N) is 1. The van der Waals surface area contributed by atoms with E-state index in [1.165, 1.54) is 9.80 Å². The number of carbonyl (C=O) groups is 2. The minimum absolute atomic E-state index is 0.0886. The molecule has 0 radical (unpaired) electrons. The quantitative estimate of drug-likeness (QED) is 0.407. The fourth-order valence-electron chi connectivity index (χ4n) is 3.86. The molecule has 1 saturated heterocycles. The molecular weight excluding hydrogens is 368 g/mol. The highest BCUT2D eigenvalue weighted by atomic mass is 16.3. The van der Waals surface area contributed by atoms with Crippen LogP contribution in [0.15, 0.2) is 52.5 Å². The number of aliphatic hydroxyl groups excluding tert-OH is 1. The number of aryl methyl sites for hydroxylation is 1. The van der Waals surface area contributed by atoms with Gasteiger partial charge in [0.15, 0.2) is 0 Å². The van der Waals surface area contributed by atoms with Crippen LogP contribution in [0.2, 0.25) is 0 Å². The van der Waals surface area contributed by atoms with Crippen molar-refractivity contribution >= 4 is 17.4 Å². The molecule has 1 aliphatic rings. The van der Waals surface area contributed by atoms with Crippen LogP contribution in [0.4, 0.5) is 0 Å². The van der Waals surface area contributed by atoms with Crippen molar-refractivity contribution in [3.8, 4) is 0 Å². The molecule has 0 unspecified atom stereocenters. The third kappa shape index (κ3) is 4.27. The molecule has 2 N–H and O–H groups in total. The van der Waals surface area contributed by atoms with E-state index in [9.17, 15) is 14.7 Å². The predicted molar refractivity (Wildman–Crippen MR) is 110 cm³/mol. The monoisotopic (exact) mass is 397 g/mol. The molecule has 1 atom stereocenters. The van der Waals surface area contributed by atoms with Gasteiger partial charge in [-0.05, 0) is 32.9 Å². The summed E-state index contributed by atoms with van der Waals surface area (Å²) < 4.78 is 5.78. The lowest BCUT2D eigenvalue weighted by Gasteiger charge is -2.24. The van der Waals surface area contributed by atoms with Gasteiger partial charge >= 0.3 is 0 Å². The highest BCUT2D eigenvalue weighted by Crippen LogP contribution is 2.39. The maximum Gasteiger partial charge on any atom is 0.295 e. The van der Waals surface area contributed by atoms with Gasteiger partial charge in [-0.15, -0.1) is 0 Å². The summed E-state index contributed by atoms with van der Waals surface area (Å²) in [4.78, 5) is 28.7. The third-order valence-corrected chi connectivity index (χ3v) is 5.55. The molecule has 1 fully saturated rings. The predicted octanol–water partition coefficient (Wildman–Crippen LogP) is 2.32. The van der Waals surface area contributed by atoms with Gasteiger partial charge in [0.25, 0.3) is 11.7 Å². The number of hydrogen-bond acceptors (Lipinski definition) is 4. The van der Waals surface area contributed by atoms with Crippen molar-refractivity contribution in [1.82, 2.24) is 4.90 Å². The first-order valence-corrected chi connectivity index (χ1v) is 10.2. The fourth-order valence-corrected chi connectivity index (χ4v) is 3.86. The van der Waals surface area contributed by atoms with Crippen molar-refractivity contribution < 1.29 is 24.0 Å². The van der Waals surface area contributed by atoms with Crippen molar-refractivity contribution in [3.63, 3.8) is 0 Å². The van der Waals surface area contributed by atoms with Crippen molar-refractivity contribution in [1.29, 1.82) is 0 Å². The number of furan rings is 1. The molecule has 154 valence electrons. The topological polar surface area (TPSA) is 75.2 Å². The zero-order chi connectivity index (χ0) is 21.0. The Bertz CT molecular complexity index is 897. The molecule has 0 saturated carbocycles. The SMILES string of the molecule is CC[NH+](CC)CCCN1C(=O)C(=O)C(=C(O)c2ccccc2)[C@H]1c1ccc(C)o1. The van der Waals surface area contributed by atoms with Crippen LogP contribution in [0.1, 0.15) is 43.4 Å². The highest BCUT2D eigenvalue weighted by molar-refractivity contribution is 6.46. The molecule has 29 heavy (non-hydrogen) atoms. The van der Waals surface area contributed by atoms with Crippen LogP contribution in [-0.2, 0) is 9.59 Å². The lowest BCUT2D eigenvalue weighted by molar-refractivity contribution is -0.896. The fraction of sp³-hybridized carbons (Fsp3) is 0.391. The standard InChI is InChI=1S/C23H28N2O4/c1-4-24(5-2)14-9-15-25-20(18-13-12-16(3)29-18)19(22(27)23(25)28)21(26)17-10-7-6-8-11-17/h6-8,10-13,20,26H,4-5,9,14-15H2,1-3H3/p+1/t20-/m1/s1. The minimum Gasteiger partial charge on any atom is -0.507 e. The van der Waals surface area contributed by atoms with E-state index in [2.05, 4.69) is 13.8 Å². The van der Waals surface area contributed by atoms with E-state index < -0.39 is 17.7 Å². The van der Waals surface area contributed by atoms with E-state index in [1.54, 1.807) is 36.4 Å². The Balaban J connectivity index is 1.97. The van der Waals surface area contributed by atoms with Gasteiger partial charge in [-0.1, -0.05) is 30.3 Å². The zero-order valence-electron chi connectivity index (χ0n) is 17.3. The first-order valence-electron chi connectivity index (χ1n) is 10.2. The molecule has 6 nitrogen and oxygen atoms in total. The third-order valence-electron chi connectivity index (χ3n) is 5.55. The number of ketones is 1. The van der Waals surface area contributed by atoms with Gasteiger partial charge in [-0.2, -0.15) is 0 Å². The van der Waals surface area contributed by atoms with Crippen LogP contribution in [0.5, 0.6) is 0 Å². The Morgan fingerprint density at radius 1 is 1.10 bits per heavy atom. The molecule has 1 aliphatic heterocycles. The van der Waals surface area contributed by atoms with Crippen LogP contribution < -0.4 is 4.90 Å². The van der Waals surface area contributed by atoms with Crippen LogP contribution in [-0.4, -0.2) is 47.9 Å². The Kier molecular flexibility index (Phi) is 6.54. The second-order valence-corrected chi connectivity index (χ2v) is 7.37. The van der Waals surface area contributed by atoms with E-state index in [0.29, 0.717) is 23.6 Å². The number of quaternary nitrogens is 1. The first kappa shape index (κ1) is 20.9. The number of likely N-dealkylation sites (tertiary alicyclic amines) is 1. The summed E-state index contributed by atoms with van der Waals surface area (Å²) in [5.41, 5.74) is 0.595. The average Bonchev–Trinajstić information content (AvgIpc) is 3.27. The van der Waals surface area contributed by atoms with Gasteiger partial charge in [0.1, 0.15) is 23.3 Å². The Hall–Kier alpha value is -2.86. The smallest absolute Gasteiger partial charge is 0.295 e. The molecule has 6 heteroatoms. The maximum absolute atomic E-state index is 12.9. The molecule has 0 bridgehead atoms. The molecule has 3 rings (SSSR count). The number of aliphatic hydroxyl groups is 1. The summed E-state index contributed by atoms with van der Waals surface area (Å²) in [6, 6.07) is 11.7. The van der Waals surface area contributed by atoms with Crippen molar-refractivity contribution in [2.45, 2.75) is 33.2 Å². The van der Waals surface area contributed by atoms with Crippen molar-refractivity contribution in [2.24, 2.45) is 0 Å². The van der Waals surface area contributed by atoms with E-state index in [0.717, 1.165) is 26.1 Å². The van der Waals surface area contributed by atoms with Crippen LogP contribution in [0, 0.1) is 6.92 Å². The highest BCUT2D eigenvalue weighted by Gasteiger charge is 2.47. The summed E-state index contributed by atoms with van der Waals surface area (Å²) in [5.74, 6) is -0.233. The number of rotatable bonds is 8. The molecule has 1 amide bonds. The molecular formula is C23H29N2O4+. The van der Waals surface area contributed by atoms with Crippen molar-refractivity contribution in [2.75, 3.05) is 26.2 Å². The van der Waals surface area contributed by atoms with Gasteiger partial charge in [-0.3, -0.25) is 9.59 Å². The number of amides is 1. The second-order valence-electron chi connectivity index (χ2n) is 7.37. The Morgan fingerprint density at radius 3 is 2.38 bits per heavy atom. The summed E-state index contributed by atoms with van der Waals surface area (Å²) in [6.07, 6.45) is 0.769. The van der Waals surface area contributed by atoms with Gasteiger partial charge < -0.3 is 19.3 Å². The van der Waals surface area contributed by atoms with E-state index in [-0.39, 0.29) is 11.3 Å².